The minimum atomic E-state index is -0.150. The third kappa shape index (κ3) is 3.13. The number of ether oxygens (including phenoxy) is 2. The van der Waals surface area contributed by atoms with E-state index in [1.807, 2.05) is 25.1 Å². The van der Waals surface area contributed by atoms with Gasteiger partial charge < -0.3 is 9.47 Å². The zero-order valence-corrected chi connectivity index (χ0v) is 13.1. The van der Waals surface area contributed by atoms with Crippen LogP contribution in [0.2, 0.25) is 0 Å². The van der Waals surface area contributed by atoms with Crippen LogP contribution in [0.25, 0.3) is 0 Å². The van der Waals surface area contributed by atoms with Crippen molar-refractivity contribution in [3.63, 3.8) is 0 Å². The molecule has 3 rings (SSSR count). The van der Waals surface area contributed by atoms with E-state index >= 15 is 0 Å². The third-order valence-electron chi connectivity index (χ3n) is 4.45. The number of fused-ring (bicyclic) bond motifs is 1. The maximum absolute atomic E-state index is 12.4. The SMILES string of the molecule is CCOC1CC(CC(=O)c2ccc3c(c2)CC(C)(C)O3)C1. The van der Waals surface area contributed by atoms with Crippen LogP contribution in [0.4, 0.5) is 0 Å². The van der Waals surface area contributed by atoms with Crippen molar-refractivity contribution in [3.05, 3.63) is 29.3 Å². The minimum Gasteiger partial charge on any atom is -0.487 e. The van der Waals surface area contributed by atoms with Crippen LogP contribution in [0.5, 0.6) is 5.75 Å². The van der Waals surface area contributed by atoms with Gasteiger partial charge in [-0.2, -0.15) is 0 Å². The smallest absolute Gasteiger partial charge is 0.163 e. The maximum atomic E-state index is 12.4. The van der Waals surface area contributed by atoms with Crippen LogP contribution < -0.4 is 4.74 Å². The molecule has 3 nitrogen and oxygen atoms in total. The average molecular weight is 288 g/mol. The zero-order chi connectivity index (χ0) is 15.0. The van der Waals surface area contributed by atoms with Crippen molar-refractivity contribution in [3.8, 4) is 5.75 Å². The summed E-state index contributed by atoms with van der Waals surface area (Å²) in [4.78, 5) is 12.4. The van der Waals surface area contributed by atoms with Crippen LogP contribution >= 0.6 is 0 Å². The molecular formula is C18H24O3. The number of benzene rings is 1. The molecule has 1 heterocycles. The predicted molar refractivity (Wildman–Crippen MR) is 81.9 cm³/mol. The number of hydrogen-bond donors (Lipinski definition) is 0. The fourth-order valence-electron chi connectivity index (χ4n) is 3.38. The molecule has 0 amide bonds. The molecule has 1 saturated carbocycles. The van der Waals surface area contributed by atoms with Gasteiger partial charge in [-0.3, -0.25) is 4.79 Å². The lowest BCUT2D eigenvalue weighted by Crippen LogP contribution is -2.32. The lowest BCUT2D eigenvalue weighted by atomic mass is 9.78. The van der Waals surface area contributed by atoms with Gasteiger partial charge in [-0.15, -0.1) is 0 Å². The summed E-state index contributed by atoms with van der Waals surface area (Å²) in [6.07, 6.45) is 3.95. The summed E-state index contributed by atoms with van der Waals surface area (Å²) in [5, 5.41) is 0. The molecule has 1 aliphatic heterocycles. The predicted octanol–water partition coefficient (Wildman–Crippen LogP) is 3.79. The summed E-state index contributed by atoms with van der Waals surface area (Å²) in [5.74, 6) is 1.68. The Morgan fingerprint density at radius 1 is 1.38 bits per heavy atom. The molecule has 1 aromatic rings. The number of Topliss-reactive ketones (excluding diaryl/α,β-unsaturated/α-hetero) is 1. The van der Waals surface area contributed by atoms with Crippen LogP contribution in [-0.2, 0) is 11.2 Å². The van der Waals surface area contributed by atoms with Gasteiger partial charge in [0.2, 0.25) is 0 Å². The number of rotatable bonds is 5. The van der Waals surface area contributed by atoms with E-state index < -0.39 is 0 Å². The molecule has 0 aromatic heterocycles. The van der Waals surface area contributed by atoms with Crippen LogP contribution in [0.3, 0.4) is 0 Å². The summed E-state index contributed by atoms with van der Waals surface area (Å²) >= 11 is 0. The summed E-state index contributed by atoms with van der Waals surface area (Å²) < 4.78 is 11.4. The highest BCUT2D eigenvalue weighted by molar-refractivity contribution is 5.96. The number of carbonyl (C=O) groups is 1. The molecule has 3 heteroatoms. The molecule has 114 valence electrons. The fraction of sp³-hybridized carbons (Fsp3) is 0.611. The Balaban J connectivity index is 1.60. The summed E-state index contributed by atoms with van der Waals surface area (Å²) in [6.45, 7) is 6.95. The Bertz CT molecular complexity index is 541. The first-order valence-electron chi connectivity index (χ1n) is 7.93. The largest absolute Gasteiger partial charge is 0.487 e. The highest BCUT2D eigenvalue weighted by Crippen LogP contribution is 2.37. The molecule has 2 aliphatic rings. The van der Waals surface area contributed by atoms with Crippen molar-refractivity contribution in [2.24, 2.45) is 5.92 Å². The standard InChI is InChI=1S/C18H24O3/c1-4-20-15-7-12(8-15)9-16(19)13-5-6-17-14(10-13)11-18(2,3)21-17/h5-6,10,12,15H,4,7-9,11H2,1-3H3. The number of ketones is 1. The van der Waals surface area contributed by atoms with Crippen LogP contribution in [0.15, 0.2) is 18.2 Å². The van der Waals surface area contributed by atoms with Crippen molar-refractivity contribution < 1.29 is 14.3 Å². The molecule has 0 bridgehead atoms. The normalized spacial score (nSPS) is 25.9. The highest BCUT2D eigenvalue weighted by atomic mass is 16.5. The minimum absolute atomic E-state index is 0.150. The van der Waals surface area contributed by atoms with Crippen LogP contribution in [-0.4, -0.2) is 24.1 Å². The van der Waals surface area contributed by atoms with Crippen molar-refractivity contribution in [1.29, 1.82) is 0 Å². The molecule has 0 atom stereocenters. The van der Waals surface area contributed by atoms with Gasteiger partial charge >= 0.3 is 0 Å². The Morgan fingerprint density at radius 2 is 2.14 bits per heavy atom. The monoisotopic (exact) mass is 288 g/mol. The second-order valence-corrected chi connectivity index (χ2v) is 6.90. The van der Waals surface area contributed by atoms with Crippen molar-refractivity contribution >= 4 is 5.78 Å². The Labute approximate surface area is 126 Å². The second-order valence-electron chi connectivity index (χ2n) is 6.90. The summed E-state index contributed by atoms with van der Waals surface area (Å²) in [6, 6.07) is 5.87. The second kappa shape index (κ2) is 5.45. The van der Waals surface area contributed by atoms with E-state index in [1.54, 1.807) is 0 Å². The molecule has 21 heavy (non-hydrogen) atoms. The van der Waals surface area contributed by atoms with Crippen LogP contribution in [0, 0.1) is 5.92 Å². The molecule has 0 radical (unpaired) electrons. The molecule has 0 N–H and O–H groups in total. The number of carbonyl (C=O) groups excluding carboxylic acids is 1. The molecule has 1 aliphatic carbocycles. The molecule has 1 fully saturated rings. The van der Waals surface area contributed by atoms with Crippen molar-refractivity contribution in [1.82, 2.24) is 0 Å². The van der Waals surface area contributed by atoms with E-state index in [0.29, 0.717) is 18.4 Å². The fourth-order valence-corrected chi connectivity index (χ4v) is 3.38. The van der Waals surface area contributed by atoms with Gasteiger partial charge in [-0.05, 0) is 63.3 Å². The van der Waals surface area contributed by atoms with E-state index in [9.17, 15) is 4.79 Å². The average Bonchev–Trinajstić information content (AvgIpc) is 2.68. The molecule has 1 aromatic carbocycles. The van der Waals surface area contributed by atoms with E-state index in [1.165, 1.54) is 0 Å². The van der Waals surface area contributed by atoms with E-state index in [0.717, 1.165) is 42.7 Å². The Kier molecular flexibility index (Phi) is 3.78. The van der Waals surface area contributed by atoms with E-state index in [-0.39, 0.29) is 11.4 Å². The highest BCUT2D eigenvalue weighted by Gasteiger charge is 2.33. The topological polar surface area (TPSA) is 35.5 Å². The van der Waals surface area contributed by atoms with Gasteiger partial charge in [0.05, 0.1) is 6.10 Å². The van der Waals surface area contributed by atoms with Crippen molar-refractivity contribution in [2.45, 2.75) is 58.2 Å². The quantitative estimate of drug-likeness (QED) is 0.773. The van der Waals surface area contributed by atoms with Gasteiger partial charge in [-0.1, -0.05) is 0 Å². The number of hydrogen-bond acceptors (Lipinski definition) is 3. The third-order valence-corrected chi connectivity index (χ3v) is 4.45. The molecular weight excluding hydrogens is 264 g/mol. The van der Waals surface area contributed by atoms with E-state index in [2.05, 4.69) is 13.8 Å². The zero-order valence-electron chi connectivity index (χ0n) is 13.1. The maximum Gasteiger partial charge on any atom is 0.163 e. The Morgan fingerprint density at radius 3 is 2.86 bits per heavy atom. The first-order valence-corrected chi connectivity index (χ1v) is 7.93. The first-order chi connectivity index (χ1) is 9.97. The van der Waals surface area contributed by atoms with Gasteiger partial charge in [0.1, 0.15) is 11.4 Å². The summed E-state index contributed by atoms with van der Waals surface area (Å²) in [7, 11) is 0. The van der Waals surface area contributed by atoms with Gasteiger partial charge in [0.25, 0.3) is 0 Å². The van der Waals surface area contributed by atoms with Gasteiger partial charge in [0, 0.05) is 25.0 Å². The lowest BCUT2D eigenvalue weighted by Gasteiger charge is -2.34. The summed E-state index contributed by atoms with van der Waals surface area (Å²) in [5.41, 5.74) is 1.84. The first kappa shape index (κ1) is 14.6. The molecule has 0 spiro atoms. The van der Waals surface area contributed by atoms with Crippen LogP contribution in [0.1, 0.15) is 56.0 Å². The lowest BCUT2D eigenvalue weighted by molar-refractivity contribution is -0.0246. The molecule has 0 saturated heterocycles. The Hall–Kier alpha value is -1.35. The van der Waals surface area contributed by atoms with E-state index in [4.69, 9.17) is 9.47 Å². The van der Waals surface area contributed by atoms with Crippen molar-refractivity contribution in [2.75, 3.05) is 6.61 Å². The van der Waals surface area contributed by atoms with Gasteiger partial charge in [0.15, 0.2) is 5.78 Å². The van der Waals surface area contributed by atoms with Gasteiger partial charge in [-0.25, -0.2) is 0 Å². The molecule has 0 unspecified atom stereocenters.